The number of carbonyl (C=O) groups excluding carboxylic acids is 3. The zero-order valence-corrected chi connectivity index (χ0v) is 29.9. The lowest BCUT2D eigenvalue weighted by molar-refractivity contribution is -0.143. The minimum absolute atomic E-state index is 0.0587. The molecule has 0 saturated heterocycles. The number of hydrogen-bond donors (Lipinski definition) is 5. The first kappa shape index (κ1) is 41.5. The van der Waals surface area contributed by atoms with Crippen LogP contribution >= 0.6 is 0 Å². The molecule has 4 rings (SSSR count). The molecule has 0 bridgehead atoms. The molecule has 290 valence electrons. The van der Waals surface area contributed by atoms with Crippen LogP contribution in [0.1, 0.15) is 60.5 Å². The van der Waals surface area contributed by atoms with Crippen LogP contribution < -0.4 is 27.6 Å². The molecule has 55 heavy (non-hydrogen) atoms. The maximum absolute atomic E-state index is 14.8. The predicted octanol–water partition coefficient (Wildman–Crippen LogP) is 2.84. The SMILES string of the molecule is Cc1c(-c2cccc(CCC(=O)NC(CCC(=O)NC(CCC=O)C(=O)O)C(=O)O)c2)c(=O)n(C[C@H](N)c2ccccc2)c(=O)n1Cc1c(F)cccc1F. The largest absolute Gasteiger partial charge is 0.480 e. The highest BCUT2D eigenvalue weighted by Gasteiger charge is 2.25. The van der Waals surface area contributed by atoms with Crippen molar-refractivity contribution < 1.29 is 43.0 Å². The highest BCUT2D eigenvalue weighted by Crippen LogP contribution is 2.23. The Morgan fingerprint density at radius 3 is 2.04 bits per heavy atom. The lowest BCUT2D eigenvalue weighted by atomic mass is 10.00. The van der Waals surface area contributed by atoms with Crippen LogP contribution in [0.3, 0.4) is 0 Å². The maximum atomic E-state index is 14.8. The summed E-state index contributed by atoms with van der Waals surface area (Å²) >= 11 is 0. The Hall–Kier alpha value is -6.29. The lowest BCUT2D eigenvalue weighted by Gasteiger charge is -2.20. The van der Waals surface area contributed by atoms with Gasteiger partial charge < -0.3 is 31.4 Å². The lowest BCUT2D eigenvalue weighted by Crippen LogP contribution is -2.44. The van der Waals surface area contributed by atoms with Gasteiger partial charge in [0.15, 0.2) is 0 Å². The van der Waals surface area contributed by atoms with E-state index in [1.807, 2.05) is 0 Å². The Balaban J connectivity index is 1.57. The molecule has 16 heteroatoms. The van der Waals surface area contributed by atoms with Crippen LogP contribution in [0.4, 0.5) is 8.78 Å². The van der Waals surface area contributed by atoms with Crippen LogP contribution in [-0.2, 0) is 43.5 Å². The Labute approximate surface area is 313 Å². The minimum Gasteiger partial charge on any atom is -0.480 e. The predicted molar refractivity (Wildman–Crippen MR) is 196 cm³/mol. The molecule has 0 aliphatic carbocycles. The molecule has 0 saturated carbocycles. The van der Waals surface area contributed by atoms with E-state index in [9.17, 15) is 52.6 Å². The number of aryl methyl sites for hydroxylation is 1. The van der Waals surface area contributed by atoms with Crippen molar-refractivity contribution >= 4 is 30.0 Å². The van der Waals surface area contributed by atoms with E-state index in [0.717, 1.165) is 21.3 Å². The van der Waals surface area contributed by atoms with E-state index >= 15 is 0 Å². The average Bonchev–Trinajstić information content (AvgIpc) is 3.15. The van der Waals surface area contributed by atoms with E-state index in [0.29, 0.717) is 23.0 Å². The Kier molecular flexibility index (Phi) is 14.4. The number of nitrogens with zero attached hydrogens (tertiary/aromatic N) is 2. The molecule has 14 nitrogen and oxygen atoms in total. The molecule has 4 aromatic rings. The molecule has 2 unspecified atom stereocenters. The standard InChI is InChI=1S/C39H41F2N5O9/c1-23-35(36(50)46(22-30(42)25-9-3-2-4-10-25)39(55)45(23)21-27-28(40)12-6-13-29(27)41)26-11-5-8-24(20-26)15-17-33(48)44-32(38(53)54)16-18-34(49)43-31(37(51)52)14-7-19-47/h2-6,8-13,19-20,30-32H,7,14-18,21-22,42H2,1H3,(H,43,49)(H,44,48)(H,51,52)(H,53,54)/t30-,31?,32?/m0/s1. The molecule has 1 aromatic heterocycles. The van der Waals surface area contributed by atoms with Crippen LogP contribution in [0.2, 0.25) is 0 Å². The fourth-order valence-corrected chi connectivity index (χ4v) is 6.02. The van der Waals surface area contributed by atoms with Crippen molar-refractivity contribution in [2.45, 2.75) is 76.7 Å². The summed E-state index contributed by atoms with van der Waals surface area (Å²) in [6, 6.07) is 15.0. The Bertz CT molecular complexity index is 2150. The highest BCUT2D eigenvalue weighted by atomic mass is 19.1. The number of aldehydes is 1. The van der Waals surface area contributed by atoms with Crippen LogP contribution in [0.25, 0.3) is 11.1 Å². The average molecular weight is 762 g/mol. The summed E-state index contributed by atoms with van der Waals surface area (Å²) < 4.78 is 31.6. The van der Waals surface area contributed by atoms with Gasteiger partial charge in [-0.25, -0.2) is 23.2 Å². The molecule has 0 aliphatic heterocycles. The monoisotopic (exact) mass is 761 g/mol. The van der Waals surface area contributed by atoms with Crippen LogP contribution in [0, 0.1) is 18.6 Å². The van der Waals surface area contributed by atoms with Crippen molar-refractivity contribution in [1.29, 1.82) is 0 Å². The number of rotatable bonds is 19. The van der Waals surface area contributed by atoms with Gasteiger partial charge in [-0.2, -0.15) is 0 Å². The summed E-state index contributed by atoms with van der Waals surface area (Å²) in [6.07, 6.45) is -0.602. The molecular formula is C39H41F2N5O9. The third-order valence-corrected chi connectivity index (χ3v) is 9.03. The van der Waals surface area contributed by atoms with Gasteiger partial charge in [0.25, 0.3) is 5.56 Å². The minimum atomic E-state index is -1.47. The number of benzene rings is 3. The van der Waals surface area contributed by atoms with E-state index in [4.69, 9.17) is 5.73 Å². The molecule has 0 fully saturated rings. The first-order chi connectivity index (χ1) is 26.2. The van der Waals surface area contributed by atoms with Gasteiger partial charge in [0.05, 0.1) is 18.7 Å². The summed E-state index contributed by atoms with van der Waals surface area (Å²) in [5.74, 6) is -5.95. The van der Waals surface area contributed by atoms with Gasteiger partial charge in [-0.05, 0) is 55.0 Å². The van der Waals surface area contributed by atoms with Crippen LogP contribution in [0.5, 0.6) is 0 Å². The van der Waals surface area contributed by atoms with Crippen molar-refractivity contribution in [3.8, 4) is 11.1 Å². The molecule has 1 heterocycles. The van der Waals surface area contributed by atoms with Crippen LogP contribution in [-0.4, -0.2) is 61.5 Å². The number of carboxylic acids is 2. The smallest absolute Gasteiger partial charge is 0.331 e. The van der Waals surface area contributed by atoms with Crippen molar-refractivity contribution in [3.63, 3.8) is 0 Å². The zero-order valence-electron chi connectivity index (χ0n) is 29.9. The Morgan fingerprint density at radius 2 is 1.42 bits per heavy atom. The molecule has 0 radical (unpaired) electrons. The number of nitrogens with one attached hydrogen (secondary N) is 2. The van der Waals surface area contributed by atoms with Gasteiger partial charge >= 0.3 is 17.6 Å². The molecule has 0 spiro atoms. The van der Waals surface area contributed by atoms with Gasteiger partial charge in [0.1, 0.15) is 30.0 Å². The summed E-state index contributed by atoms with van der Waals surface area (Å²) in [5, 5.41) is 23.5. The number of aromatic nitrogens is 2. The number of halogens is 2. The zero-order chi connectivity index (χ0) is 40.2. The van der Waals surface area contributed by atoms with Gasteiger partial charge in [-0.3, -0.25) is 23.5 Å². The van der Waals surface area contributed by atoms with E-state index in [2.05, 4.69) is 10.6 Å². The topological polar surface area (TPSA) is 220 Å². The first-order valence-electron chi connectivity index (χ1n) is 17.4. The third-order valence-electron chi connectivity index (χ3n) is 9.03. The van der Waals surface area contributed by atoms with E-state index in [1.54, 1.807) is 54.6 Å². The van der Waals surface area contributed by atoms with Gasteiger partial charge in [-0.1, -0.05) is 60.7 Å². The summed E-state index contributed by atoms with van der Waals surface area (Å²) in [4.78, 5) is 86.8. The van der Waals surface area contributed by atoms with Gasteiger partial charge in [-0.15, -0.1) is 0 Å². The van der Waals surface area contributed by atoms with Gasteiger partial charge in [0, 0.05) is 36.6 Å². The second kappa shape index (κ2) is 19.2. The summed E-state index contributed by atoms with van der Waals surface area (Å²) in [7, 11) is 0. The molecule has 0 aliphatic rings. The molecule has 3 aromatic carbocycles. The fraction of sp³-hybridized carbons (Fsp3) is 0.308. The van der Waals surface area contributed by atoms with Crippen molar-refractivity contribution in [2.24, 2.45) is 5.73 Å². The third kappa shape index (κ3) is 10.9. The van der Waals surface area contributed by atoms with E-state index in [-0.39, 0.29) is 55.5 Å². The molecule has 6 N–H and O–H groups in total. The molecular weight excluding hydrogens is 720 g/mol. The maximum Gasteiger partial charge on any atom is 0.331 e. The van der Waals surface area contributed by atoms with E-state index in [1.165, 1.54) is 13.0 Å². The number of amides is 2. The number of nitrogens with two attached hydrogens (primary N) is 1. The fourth-order valence-electron chi connectivity index (χ4n) is 6.02. The van der Waals surface area contributed by atoms with Crippen molar-refractivity contribution in [2.75, 3.05) is 0 Å². The molecule has 2 amide bonds. The van der Waals surface area contributed by atoms with Crippen LogP contribution in [0.15, 0.2) is 82.4 Å². The van der Waals surface area contributed by atoms with Crippen molar-refractivity contribution in [1.82, 2.24) is 19.8 Å². The summed E-state index contributed by atoms with van der Waals surface area (Å²) in [5.41, 5.74) is 6.25. The van der Waals surface area contributed by atoms with Crippen molar-refractivity contribution in [3.05, 3.63) is 128 Å². The summed E-state index contributed by atoms with van der Waals surface area (Å²) in [6.45, 7) is 0.711. The number of carbonyl (C=O) groups is 5. The number of carboxylic acid groups (broad SMARTS) is 2. The normalized spacial score (nSPS) is 12.7. The second-order valence-corrected chi connectivity index (χ2v) is 12.9. The van der Waals surface area contributed by atoms with Gasteiger partial charge in [0.2, 0.25) is 11.8 Å². The first-order valence-corrected chi connectivity index (χ1v) is 17.4. The molecule has 3 atom stereocenters. The number of hydrogen-bond acceptors (Lipinski definition) is 8. The Morgan fingerprint density at radius 1 is 0.818 bits per heavy atom. The highest BCUT2D eigenvalue weighted by molar-refractivity contribution is 5.86. The quantitative estimate of drug-likeness (QED) is 0.0880. The number of aliphatic carboxylic acids is 2. The van der Waals surface area contributed by atoms with E-state index < -0.39 is 77.7 Å². The second-order valence-electron chi connectivity index (χ2n) is 12.9.